The lowest BCUT2D eigenvalue weighted by atomic mass is 9.88. The van der Waals surface area contributed by atoms with Crippen LogP contribution >= 0.6 is 0 Å². The number of rotatable bonds is 3. The third-order valence-corrected chi connectivity index (χ3v) is 4.39. The number of hydrogen-bond acceptors (Lipinski definition) is 4. The Morgan fingerprint density at radius 2 is 1.85 bits per heavy atom. The first-order valence-electron chi connectivity index (χ1n) is 8.23. The van der Waals surface area contributed by atoms with Crippen LogP contribution in [0.15, 0.2) is 0 Å². The van der Waals surface area contributed by atoms with Crippen LogP contribution in [-0.2, 0) is 0 Å². The number of piperidine rings is 1. The van der Waals surface area contributed by atoms with Gasteiger partial charge in [-0.15, -0.1) is 0 Å². The van der Waals surface area contributed by atoms with Gasteiger partial charge in [-0.05, 0) is 38.9 Å². The predicted molar refractivity (Wildman–Crippen MR) is 84.6 cm³/mol. The number of nitriles is 1. The highest BCUT2D eigenvalue weighted by Gasteiger charge is 2.30. The zero-order valence-electron chi connectivity index (χ0n) is 13.6. The highest BCUT2D eigenvalue weighted by molar-refractivity contribution is 4.87. The van der Waals surface area contributed by atoms with Gasteiger partial charge in [0, 0.05) is 38.6 Å². The molecule has 2 heterocycles. The molecule has 4 nitrogen and oxygen atoms in total. The Bertz CT molecular complexity index is 277. The molecule has 2 rings (SSSR count). The maximum atomic E-state index is 7.62. The van der Waals surface area contributed by atoms with E-state index in [2.05, 4.69) is 29.1 Å². The lowest BCUT2D eigenvalue weighted by Gasteiger charge is -2.43. The van der Waals surface area contributed by atoms with Crippen molar-refractivity contribution in [2.45, 2.75) is 45.6 Å². The van der Waals surface area contributed by atoms with E-state index in [1.807, 2.05) is 13.0 Å². The zero-order chi connectivity index (χ0) is 14.8. The first-order chi connectivity index (χ1) is 9.72. The third-order valence-electron chi connectivity index (χ3n) is 4.39. The molecule has 0 aromatic carbocycles. The van der Waals surface area contributed by atoms with Crippen molar-refractivity contribution >= 4 is 0 Å². The van der Waals surface area contributed by atoms with E-state index in [1.165, 1.54) is 58.5 Å². The van der Waals surface area contributed by atoms with Crippen LogP contribution < -0.4 is 5.32 Å². The van der Waals surface area contributed by atoms with Crippen molar-refractivity contribution < 1.29 is 0 Å². The van der Waals surface area contributed by atoms with E-state index >= 15 is 0 Å². The Labute approximate surface area is 125 Å². The second kappa shape index (κ2) is 10.1. The first-order valence-corrected chi connectivity index (χ1v) is 8.23. The zero-order valence-corrected chi connectivity index (χ0v) is 13.6. The summed E-state index contributed by atoms with van der Waals surface area (Å²) < 4.78 is 0. The van der Waals surface area contributed by atoms with E-state index < -0.39 is 0 Å². The number of likely N-dealkylation sites (N-methyl/N-ethyl adjacent to an activating group) is 1. The molecule has 0 bridgehead atoms. The molecule has 2 unspecified atom stereocenters. The fourth-order valence-electron chi connectivity index (χ4n) is 3.21. The van der Waals surface area contributed by atoms with E-state index in [0.717, 1.165) is 12.0 Å². The van der Waals surface area contributed by atoms with Gasteiger partial charge >= 0.3 is 0 Å². The third kappa shape index (κ3) is 5.78. The van der Waals surface area contributed by atoms with Crippen molar-refractivity contribution in [3.8, 4) is 6.07 Å². The molecule has 1 N–H and O–H groups in total. The van der Waals surface area contributed by atoms with E-state index in [9.17, 15) is 0 Å². The van der Waals surface area contributed by atoms with Crippen LogP contribution in [0, 0.1) is 17.2 Å². The average Bonchev–Trinajstić information content (AvgIpc) is 2.49. The van der Waals surface area contributed by atoms with Crippen LogP contribution in [0.1, 0.15) is 39.5 Å². The maximum absolute atomic E-state index is 7.62. The van der Waals surface area contributed by atoms with Crippen LogP contribution in [0.2, 0.25) is 0 Å². The molecule has 2 aliphatic heterocycles. The second-order valence-electron chi connectivity index (χ2n) is 5.96. The van der Waals surface area contributed by atoms with Crippen LogP contribution in [0.3, 0.4) is 0 Å². The standard InChI is InChI=1S/C13H27N3.C3H5N/c1-3-4-12-11-14-6-5-13(12)16-9-7-15(2)8-10-16;1-2-3-4/h12-14H,3-11H2,1-2H3;2H2,1H3. The van der Waals surface area contributed by atoms with Gasteiger partial charge in [0.25, 0.3) is 0 Å². The normalized spacial score (nSPS) is 28.3. The van der Waals surface area contributed by atoms with Gasteiger partial charge in [0.1, 0.15) is 0 Å². The molecule has 2 saturated heterocycles. The Hall–Kier alpha value is -0.630. The minimum Gasteiger partial charge on any atom is -0.316 e. The second-order valence-corrected chi connectivity index (χ2v) is 5.96. The molecule has 0 amide bonds. The fraction of sp³-hybridized carbons (Fsp3) is 0.938. The summed E-state index contributed by atoms with van der Waals surface area (Å²) >= 11 is 0. The lowest BCUT2D eigenvalue weighted by Crippen LogP contribution is -2.55. The van der Waals surface area contributed by atoms with Crippen molar-refractivity contribution in [3.05, 3.63) is 0 Å². The van der Waals surface area contributed by atoms with Crippen LogP contribution in [0.25, 0.3) is 0 Å². The average molecular weight is 280 g/mol. The van der Waals surface area contributed by atoms with Gasteiger partial charge in [-0.2, -0.15) is 5.26 Å². The molecule has 0 aromatic rings. The summed E-state index contributed by atoms with van der Waals surface area (Å²) in [5.41, 5.74) is 0. The summed E-state index contributed by atoms with van der Waals surface area (Å²) in [5, 5.41) is 11.2. The van der Waals surface area contributed by atoms with E-state index in [0.29, 0.717) is 6.42 Å². The number of nitrogens with zero attached hydrogens (tertiary/aromatic N) is 3. The van der Waals surface area contributed by atoms with Gasteiger partial charge in [0.15, 0.2) is 0 Å². The molecule has 2 aliphatic rings. The van der Waals surface area contributed by atoms with Gasteiger partial charge in [-0.1, -0.05) is 20.3 Å². The molecule has 0 aliphatic carbocycles. The van der Waals surface area contributed by atoms with Crippen LogP contribution in [-0.4, -0.2) is 62.2 Å². The molecule has 20 heavy (non-hydrogen) atoms. The largest absolute Gasteiger partial charge is 0.316 e. The molecule has 2 atom stereocenters. The topological polar surface area (TPSA) is 42.3 Å². The van der Waals surface area contributed by atoms with E-state index in [1.54, 1.807) is 0 Å². The summed E-state index contributed by atoms with van der Waals surface area (Å²) in [4.78, 5) is 5.20. The van der Waals surface area contributed by atoms with E-state index in [4.69, 9.17) is 5.26 Å². The number of piperazine rings is 1. The first kappa shape index (κ1) is 17.4. The molecule has 0 spiro atoms. The molecule has 0 radical (unpaired) electrons. The van der Waals surface area contributed by atoms with Crippen molar-refractivity contribution in [1.29, 1.82) is 5.26 Å². The van der Waals surface area contributed by atoms with Gasteiger partial charge in [0.05, 0.1) is 6.07 Å². The Morgan fingerprint density at radius 3 is 2.40 bits per heavy atom. The Balaban J connectivity index is 0.000000444. The minimum absolute atomic E-state index is 0.625. The SMILES string of the molecule is CCC#N.CCCC1CNCCC1N1CCN(C)CC1. The van der Waals surface area contributed by atoms with Gasteiger partial charge in [-0.25, -0.2) is 0 Å². The van der Waals surface area contributed by atoms with Crippen LogP contribution in [0.4, 0.5) is 0 Å². The van der Waals surface area contributed by atoms with Crippen molar-refractivity contribution in [2.24, 2.45) is 5.92 Å². The van der Waals surface area contributed by atoms with Crippen LogP contribution in [0.5, 0.6) is 0 Å². The molecule has 0 saturated carbocycles. The predicted octanol–water partition coefficient (Wildman–Crippen LogP) is 1.93. The summed E-state index contributed by atoms with van der Waals surface area (Å²) in [6.07, 6.45) is 4.70. The van der Waals surface area contributed by atoms with Gasteiger partial charge in [0.2, 0.25) is 0 Å². The summed E-state index contributed by atoms with van der Waals surface area (Å²) in [6.45, 7) is 11.7. The van der Waals surface area contributed by atoms with Crippen molar-refractivity contribution in [3.63, 3.8) is 0 Å². The highest BCUT2D eigenvalue weighted by atomic mass is 15.3. The molecular weight excluding hydrogens is 248 g/mol. The monoisotopic (exact) mass is 280 g/mol. The number of nitrogens with one attached hydrogen (secondary N) is 1. The Kier molecular flexibility index (Phi) is 8.84. The molecular formula is C16H32N4. The van der Waals surface area contributed by atoms with Crippen molar-refractivity contribution in [2.75, 3.05) is 46.3 Å². The molecule has 4 heteroatoms. The lowest BCUT2D eigenvalue weighted by molar-refractivity contribution is 0.0607. The minimum atomic E-state index is 0.625. The fourth-order valence-corrected chi connectivity index (χ4v) is 3.21. The van der Waals surface area contributed by atoms with Gasteiger partial charge < -0.3 is 10.2 Å². The maximum Gasteiger partial charge on any atom is 0.0618 e. The highest BCUT2D eigenvalue weighted by Crippen LogP contribution is 2.23. The Morgan fingerprint density at radius 1 is 1.20 bits per heavy atom. The van der Waals surface area contributed by atoms with Crippen molar-refractivity contribution in [1.82, 2.24) is 15.1 Å². The van der Waals surface area contributed by atoms with E-state index in [-0.39, 0.29) is 0 Å². The van der Waals surface area contributed by atoms with Gasteiger partial charge in [-0.3, -0.25) is 4.90 Å². The summed E-state index contributed by atoms with van der Waals surface area (Å²) in [6, 6.07) is 2.79. The molecule has 2 fully saturated rings. The molecule has 0 aromatic heterocycles. The smallest absolute Gasteiger partial charge is 0.0618 e. The summed E-state index contributed by atoms with van der Waals surface area (Å²) in [5.74, 6) is 0.891. The number of hydrogen-bond donors (Lipinski definition) is 1. The molecule has 116 valence electrons. The quantitative estimate of drug-likeness (QED) is 0.858. The summed E-state index contributed by atoms with van der Waals surface area (Å²) in [7, 11) is 2.24.